The van der Waals surface area contributed by atoms with Gasteiger partial charge in [-0.05, 0) is 24.3 Å². The van der Waals surface area contributed by atoms with E-state index in [1.807, 2.05) is 61.5 Å². The van der Waals surface area contributed by atoms with Crippen molar-refractivity contribution in [3.63, 3.8) is 0 Å². The average Bonchev–Trinajstić information content (AvgIpc) is 2.63. The molecule has 120 valence electrons. The van der Waals surface area contributed by atoms with Crippen LogP contribution in [0.3, 0.4) is 0 Å². The van der Waals surface area contributed by atoms with Gasteiger partial charge in [0.05, 0.1) is 18.1 Å². The van der Waals surface area contributed by atoms with Crippen molar-refractivity contribution < 1.29 is 4.79 Å². The molecular weight excluding hydrogens is 300 g/mol. The molecule has 24 heavy (non-hydrogen) atoms. The Morgan fingerprint density at radius 1 is 0.917 bits per heavy atom. The Balaban J connectivity index is 1.72. The molecule has 1 aromatic heterocycles. The van der Waals surface area contributed by atoms with E-state index in [2.05, 4.69) is 15.3 Å². The fourth-order valence-electron chi connectivity index (χ4n) is 2.25. The van der Waals surface area contributed by atoms with Crippen molar-refractivity contribution in [3.05, 3.63) is 72.6 Å². The Kier molecular flexibility index (Phi) is 4.52. The van der Waals surface area contributed by atoms with Gasteiger partial charge in [0, 0.05) is 30.9 Å². The highest BCUT2D eigenvalue weighted by Crippen LogP contribution is 2.20. The summed E-state index contributed by atoms with van der Waals surface area (Å²) in [7, 11) is 4.00. The van der Waals surface area contributed by atoms with Crippen LogP contribution in [0.5, 0.6) is 0 Å². The van der Waals surface area contributed by atoms with Crippen LogP contribution in [-0.2, 0) is 0 Å². The van der Waals surface area contributed by atoms with Crippen molar-refractivity contribution >= 4 is 17.4 Å². The quantitative estimate of drug-likeness (QED) is 0.800. The van der Waals surface area contributed by atoms with Gasteiger partial charge in [0.25, 0.3) is 5.91 Å². The minimum atomic E-state index is -0.201. The number of benzene rings is 2. The summed E-state index contributed by atoms with van der Waals surface area (Å²) in [6.07, 6.45) is 3.22. The van der Waals surface area contributed by atoms with Crippen LogP contribution in [0.1, 0.15) is 10.4 Å². The van der Waals surface area contributed by atoms with Gasteiger partial charge in [-0.15, -0.1) is 0 Å². The third kappa shape index (κ3) is 3.57. The summed E-state index contributed by atoms with van der Waals surface area (Å²) in [5.41, 5.74) is 3.45. The van der Waals surface area contributed by atoms with Crippen molar-refractivity contribution in [2.75, 3.05) is 24.3 Å². The van der Waals surface area contributed by atoms with Crippen LogP contribution in [0, 0.1) is 0 Å². The predicted octanol–water partition coefficient (Wildman–Crippen LogP) is 3.46. The summed E-state index contributed by atoms with van der Waals surface area (Å²) in [6.45, 7) is 0. The van der Waals surface area contributed by atoms with Gasteiger partial charge in [0.2, 0.25) is 0 Å². The van der Waals surface area contributed by atoms with E-state index in [0.717, 1.165) is 16.9 Å². The van der Waals surface area contributed by atoms with E-state index in [1.54, 1.807) is 24.5 Å². The molecule has 0 bridgehead atoms. The Hall–Kier alpha value is -3.21. The molecule has 1 N–H and O–H groups in total. The Morgan fingerprint density at radius 2 is 1.62 bits per heavy atom. The molecule has 3 rings (SSSR count). The lowest BCUT2D eigenvalue weighted by Gasteiger charge is -2.12. The summed E-state index contributed by atoms with van der Waals surface area (Å²) in [5.74, 6) is 0.227. The number of nitrogens with one attached hydrogen (secondary N) is 1. The van der Waals surface area contributed by atoms with Crippen LogP contribution < -0.4 is 10.2 Å². The van der Waals surface area contributed by atoms with E-state index in [9.17, 15) is 4.79 Å². The number of carbonyl (C=O) groups excluding carboxylic acids is 1. The number of hydrogen-bond acceptors (Lipinski definition) is 4. The number of nitrogens with zero attached hydrogens (tertiary/aromatic N) is 3. The van der Waals surface area contributed by atoms with Crippen molar-refractivity contribution in [3.8, 4) is 11.3 Å². The van der Waals surface area contributed by atoms with E-state index in [0.29, 0.717) is 11.4 Å². The predicted molar refractivity (Wildman–Crippen MR) is 96.2 cm³/mol. The molecule has 1 heterocycles. The maximum Gasteiger partial charge on any atom is 0.256 e. The molecule has 0 unspecified atom stereocenters. The smallest absolute Gasteiger partial charge is 0.256 e. The molecule has 0 saturated heterocycles. The second-order valence-electron chi connectivity index (χ2n) is 5.55. The number of amides is 1. The molecule has 0 aliphatic heterocycles. The van der Waals surface area contributed by atoms with Gasteiger partial charge in [0.1, 0.15) is 0 Å². The van der Waals surface area contributed by atoms with E-state index in [4.69, 9.17) is 0 Å². The maximum atomic E-state index is 12.1. The molecule has 5 heteroatoms. The number of rotatable bonds is 4. The Morgan fingerprint density at radius 3 is 2.21 bits per heavy atom. The van der Waals surface area contributed by atoms with E-state index >= 15 is 0 Å². The third-order valence-electron chi connectivity index (χ3n) is 3.61. The Labute approximate surface area is 141 Å². The molecule has 5 nitrogen and oxygen atoms in total. The number of hydrogen-bond donors (Lipinski definition) is 1. The lowest BCUT2D eigenvalue weighted by atomic mass is 10.1. The first kappa shape index (κ1) is 15.7. The molecule has 0 saturated carbocycles. The second-order valence-corrected chi connectivity index (χ2v) is 5.55. The largest absolute Gasteiger partial charge is 0.378 e. The van der Waals surface area contributed by atoms with Crippen LogP contribution in [0.2, 0.25) is 0 Å². The number of carbonyl (C=O) groups is 1. The summed E-state index contributed by atoms with van der Waals surface area (Å²) in [4.78, 5) is 22.8. The monoisotopic (exact) mass is 318 g/mol. The molecule has 3 aromatic rings. The van der Waals surface area contributed by atoms with Gasteiger partial charge in [0.15, 0.2) is 5.82 Å². The highest BCUT2D eigenvalue weighted by atomic mass is 16.1. The summed E-state index contributed by atoms with van der Waals surface area (Å²) in [5, 5.41) is 2.74. The fourth-order valence-corrected chi connectivity index (χ4v) is 2.25. The SMILES string of the molecule is CN(C)c1ccc(-c2cnc(NC(=O)c3ccccc3)cn2)cc1. The zero-order valence-corrected chi connectivity index (χ0v) is 13.6. The summed E-state index contributed by atoms with van der Waals surface area (Å²) in [6, 6.07) is 17.1. The minimum absolute atomic E-state index is 0.201. The van der Waals surface area contributed by atoms with Crippen LogP contribution in [0.4, 0.5) is 11.5 Å². The van der Waals surface area contributed by atoms with E-state index in [1.165, 1.54) is 0 Å². The van der Waals surface area contributed by atoms with Gasteiger partial charge in [-0.25, -0.2) is 4.98 Å². The highest BCUT2D eigenvalue weighted by Gasteiger charge is 2.07. The molecule has 2 aromatic carbocycles. The summed E-state index contributed by atoms with van der Waals surface area (Å²) < 4.78 is 0. The lowest BCUT2D eigenvalue weighted by molar-refractivity contribution is 0.102. The molecule has 0 radical (unpaired) electrons. The first-order valence-corrected chi connectivity index (χ1v) is 7.60. The number of aromatic nitrogens is 2. The van der Waals surface area contributed by atoms with Crippen LogP contribution in [0.15, 0.2) is 67.0 Å². The van der Waals surface area contributed by atoms with Gasteiger partial charge >= 0.3 is 0 Å². The summed E-state index contributed by atoms with van der Waals surface area (Å²) >= 11 is 0. The minimum Gasteiger partial charge on any atom is -0.378 e. The second kappa shape index (κ2) is 6.91. The third-order valence-corrected chi connectivity index (χ3v) is 3.61. The zero-order valence-electron chi connectivity index (χ0n) is 13.6. The molecule has 0 aliphatic carbocycles. The van der Waals surface area contributed by atoms with Gasteiger partial charge in [-0.1, -0.05) is 30.3 Å². The van der Waals surface area contributed by atoms with Crippen LogP contribution in [-0.4, -0.2) is 30.0 Å². The topological polar surface area (TPSA) is 58.1 Å². The molecule has 0 atom stereocenters. The zero-order chi connectivity index (χ0) is 16.9. The van der Waals surface area contributed by atoms with Gasteiger partial charge in [-0.2, -0.15) is 0 Å². The van der Waals surface area contributed by atoms with Gasteiger partial charge in [-0.3, -0.25) is 9.78 Å². The number of anilines is 2. The standard InChI is InChI=1S/C19H18N4O/c1-23(2)16-10-8-14(9-11-16)17-12-21-18(13-20-17)22-19(24)15-6-4-3-5-7-15/h3-13H,1-2H3,(H,21,22,24). The molecular formula is C19H18N4O. The molecule has 0 aliphatic rings. The van der Waals surface area contributed by atoms with E-state index < -0.39 is 0 Å². The first-order valence-electron chi connectivity index (χ1n) is 7.60. The van der Waals surface area contributed by atoms with Gasteiger partial charge < -0.3 is 10.2 Å². The van der Waals surface area contributed by atoms with Crippen molar-refractivity contribution in [1.29, 1.82) is 0 Å². The molecule has 0 spiro atoms. The van der Waals surface area contributed by atoms with Crippen molar-refractivity contribution in [2.45, 2.75) is 0 Å². The highest BCUT2D eigenvalue weighted by molar-refractivity contribution is 6.03. The van der Waals surface area contributed by atoms with Crippen LogP contribution >= 0.6 is 0 Å². The normalized spacial score (nSPS) is 10.2. The first-order chi connectivity index (χ1) is 11.6. The maximum absolute atomic E-state index is 12.1. The van der Waals surface area contributed by atoms with Crippen LogP contribution in [0.25, 0.3) is 11.3 Å². The lowest BCUT2D eigenvalue weighted by Crippen LogP contribution is -2.13. The Bertz CT molecular complexity index is 812. The van der Waals surface area contributed by atoms with Crippen molar-refractivity contribution in [2.24, 2.45) is 0 Å². The van der Waals surface area contributed by atoms with Crippen molar-refractivity contribution in [1.82, 2.24) is 9.97 Å². The molecule has 0 fully saturated rings. The van der Waals surface area contributed by atoms with E-state index in [-0.39, 0.29) is 5.91 Å². The fraction of sp³-hybridized carbons (Fsp3) is 0.105. The molecule has 1 amide bonds. The average molecular weight is 318 g/mol.